The maximum Gasteiger partial charge on any atom is 0.0719 e. The van der Waals surface area contributed by atoms with E-state index in [0.717, 1.165) is 17.1 Å². The summed E-state index contributed by atoms with van der Waals surface area (Å²) < 4.78 is 5.08. The van der Waals surface area contributed by atoms with E-state index >= 15 is 0 Å². The van der Waals surface area contributed by atoms with E-state index in [4.69, 9.17) is 0 Å². The third kappa shape index (κ3) is 5.33. The van der Waals surface area contributed by atoms with E-state index in [1.807, 2.05) is 11.3 Å². The van der Waals surface area contributed by atoms with Crippen LogP contribution >= 0.6 is 11.3 Å². The summed E-state index contributed by atoms with van der Waals surface area (Å²) in [6.07, 6.45) is 0. The molecule has 0 bridgehead atoms. The van der Waals surface area contributed by atoms with E-state index in [1.54, 1.807) is 0 Å². The van der Waals surface area contributed by atoms with Crippen molar-refractivity contribution >= 4 is 70.4 Å². The van der Waals surface area contributed by atoms with Gasteiger partial charge in [-0.1, -0.05) is 147 Å². The molecule has 0 amide bonds. The normalized spacial score (nSPS) is 13.0. The van der Waals surface area contributed by atoms with E-state index in [-0.39, 0.29) is 5.41 Å². The maximum absolute atomic E-state index is 2.47. The Hall–Kier alpha value is -7.20. The first-order valence-corrected chi connectivity index (χ1v) is 21.6. The number of anilines is 3. The lowest BCUT2D eigenvalue weighted by molar-refractivity contribution is 0.660. The predicted molar refractivity (Wildman–Crippen MR) is 257 cm³/mol. The van der Waals surface area contributed by atoms with Crippen LogP contribution in [-0.2, 0) is 5.41 Å². The summed E-state index contributed by atoms with van der Waals surface area (Å²) in [5.41, 5.74) is 17.3. The first-order valence-electron chi connectivity index (χ1n) is 20.8. The minimum Gasteiger partial charge on any atom is -0.310 e. The van der Waals surface area contributed by atoms with Crippen molar-refractivity contribution in [2.24, 2.45) is 0 Å². The van der Waals surface area contributed by atoms with Crippen LogP contribution in [0.5, 0.6) is 0 Å². The molecule has 3 heteroatoms. The Morgan fingerprint density at radius 2 is 1.00 bits per heavy atom. The Morgan fingerprint density at radius 1 is 0.417 bits per heavy atom. The molecule has 9 aromatic carbocycles. The van der Waals surface area contributed by atoms with Crippen molar-refractivity contribution in [3.63, 3.8) is 0 Å². The van der Waals surface area contributed by atoms with E-state index < -0.39 is 0 Å². The zero-order valence-electron chi connectivity index (χ0n) is 33.4. The van der Waals surface area contributed by atoms with Gasteiger partial charge in [-0.3, -0.25) is 0 Å². The summed E-state index contributed by atoms with van der Waals surface area (Å²) in [6, 6.07) is 75.9. The summed E-state index contributed by atoms with van der Waals surface area (Å²) in [6.45, 7) is 4.70. The quantitative estimate of drug-likeness (QED) is 0.163. The van der Waals surface area contributed by atoms with Crippen LogP contribution in [0.4, 0.5) is 17.1 Å². The Morgan fingerprint density at radius 3 is 1.78 bits per heavy atom. The van der Waals surface area contributed by atoms with Crippen molar-refractivity contribution in [1.29, 1.82) is 0 Å². The molecule has 284 valence electrons. The van der Waals surface area contributed by atoms with Gasteiger partial charge in [0.1, 0.15) is 0 Å². The monoisotopic (exact) mass is 784 g/mol. The Kier molecular flexibility index (Phi) is 7.79. The van der Waals surface area contributed by atoms with Crippen molar-refractivity contribution in [3.05, 3.63) is 217 Å². The standard InChI is InChI=1S/C57H40N2S/c1-57(2)51-21-13-12-20-45(51)46-29-28-44(36-52(46)57)58(41-16-8-4-9-17-41)43-26-22-38(23-27-43)40-25-33-54-50(35-40)48-31-30-47-49-34-39(37-14-6-3-7-15-37)24-32-53(49)59(55(47)56(48)60-54)42-18-10-5-11-19-42/h3-36H,1-2H3. The summed E-state index contributed by atoms with van der Waals surface area (Å²) in [7, 11) is 0. The molecule has 2 nitrogen and oxygen atoms in total. The van der Waals surface area contributed by atoms with Crippen molar-refractivity contribution in [2.45, 2.75) is 19.3 Å². The highest BCUT2D eigenvalue weighted by molar-refractivity contribution is 7.26. The first kappa shape index (κ1) is 34.8. The van der Waals surface area contributed by atoms with Crippen molar-refractivity contribution < 1.29 is 0 Å². The smallest absolute Gasteiger partial charge is 0.0719 e. The molecule has 2 heterocycles. The Balaban J connectivity index is 0.963. The van der Waals surface area contributed by atoms with Gasteiger partial charge in [-0.2, -0.15) is 0 Å². The lowest BCUT2D eigenvalue weighted by Crippen LogP contribution is -2.16. The van der Waals surface area contributed by atoms with Gasteiger partial charge in [0.2, 0.25) is 0 Å². The number of para-hydroxylation sites is 2. The SMILES string of the molecule is CC1(C)c2ccccc2-c2ccc(N(c3ccccc3)c3ccc(-c4ccc5sc6c(ccc7c8cc(-c9ccccc9)ccc8n(-c8ccccc8)c76)c5c4)cc3)cc21. The average Bonchev–Trinajstić information content (AvgIpc) is 3.92. The number of nitrogens with zero attached hydrogens (tertiary/aromatic N) is 2. The second-order valence-electron chi connectivity index (χ2n) is 16.5. The van der Waals surface area contributed by atoms with Crippen LogP contribution in [0, 0.1) is 0 Å². The maximum atomic E-state index is 2.47. The van der Waals surface area contributed by atoms with Gasteiger partial charge in [-0.25, -0.2) is 0 Å². The molecule has 0 unspecified atom stereocenters. The number of fused-ring (bicyclic) bond motifs is 10. The van der Waals surface area contributed by atoms with Crippen molar-refractivity contribution in [1.82, 2.24) is 4.57 Å². The van der Waals surface area contributed by atoms with Crippen LogP contribution in [0.3, 0.4) is 0 Å². The third-order valence-electron chi connectivity index (χ3n) is 12.8. The number of benzene rings is 9. The van der Waals surface area contributed by atoms with Gasteiger partial charge in [-0.15, -0.1) is 11.3 Å². The summed E-state index contributed by atoms with van der Waals surface area (Å²) >= 11 is 1.90. The molecular weight excluding hydrogens is 745 g/mol. The van der Waals surface area contributed by atoms with Gasteiger partial charge in [0.25, 0.3) is 0 Å². The molecule has 2 aromatic heterocycles. The number of hydrogen-bond acceptors (Lipinski definition) is 2. The molecule has 0 spiro atoms. The zero-order valence-corrected chi connectivity index (χ0v) is 34.2. The summed E-state index contributed by atoms with van der Waals surface area (Å²) in [5.74, 6) is 0. The minimum absolute atomic E-state index is 0.0750. The van der Waals surface area contributed by atoms with E-state index in [0.29, 0.717) is 0 Å². The summed E-state index contributed by atoms with van der Waals surface area (Å²) in [5, 5.41) is 5.14. The van der Waals surface area contributed by atoms with Crippen LogP contribution in [0.25, 0.3) is 81.0 Å². The van der Waals surface area contributed by atoms with E-state index in [1.165, 1.54) is 92.2 Å². The number of rotatable bonds is 6. The first-order chi connectivity index (χ1) is 29.5. The molecule has 1 aliphatic carbocycles. The molecular formula is C57H40N2S. The fraction of sp³-hybridized carbons (Fsp3) is 0.0526. The molecule has 60 heavy (non-hydrogen) atoms. The zero-order chi connectivity index (χ0) is 40.0. The van der Waals surface area contributed by atoms with Crippen LogP contribution in [-0.4, -0.2) is 4.57 Å². The average molecular weight is 785 g/mol. The molecule has 0 aliphatic heterocycles. The molecule has 0 N–H and O–H groups in total. The number of thiophene rings is 1. The Bertz CT molecular complexity index is 3430. The molecule has 0 atom stereocenters. The van der Waals surface area contributed by atoms with Crippen LogP contribution in [0.15, 0.2) is 206 Å². The lowest BCUT2D eigenvalue weighted by atomic mass is 9.82. The molecule has 0 radical (unpaired) electrons. The van der Waals surface area contributed by atoms with Gasteiger partial charge in [0.05, 0.1) is 15.7 Å². The molecule has 1 aliphatic rings. The fourth-order valence-electron chi connectivity index (χ4n) is 9.83. The van der Waals surface area contributed by atoms with Gasteiger partial charge in [-0.05, 0) is 117 Å². The topological polar surface area (TPSA) is 8.17 Å². The highest BCUT2D eigenvalue weighted by Crippen LogP contribution is 2.51. The van der Waals surface area contributed by atoms with Gasteiger partial charge < -0.3 is 9.47 Å². The molecule has 0 saturated carbocycles. The highest BCUT2D eigenvalue weighted by atomic mass is 32.1. The van der Waals surface area contributed by atoms with E-state index in [9.17, 15) is 0 Å². The van der Waals surface area contributed by atoms with Gasteiger partial charge >= 0.3 is 0 Å². The van der Waals surface area contributed by atoms with Crippen molar-refractivity contribution in [2.75, 3.05) is 4.90 Å². The second kappa shape index (κ2) is 13.4. The molecule has 0 saturated heterocycles. The largest absolute Gasteiger partial charge is 0.310 e. The lowest BCUT2D eigenvalue weighted by Gasteiger charge is -2.28. The number of aromatic nitrogens is 1. The van der Waals surface area contributed by atoms with Crippen molar-refractivity contribution in [3.8, 4) is 39.1 Å². The number of hydrogen-bond donors (Lipinski definition) is 0. The van der Waals surface area contributed by atoms with E-state index in [2.05, 4.69) is 230 Å². The highest BCUT2D eigenvalue weighted by Gasteiger charge is 2.35. The predicted octanol–water partition coefficient (Wildman–Crippen LogP) is 16.3. The molecule has 0 fully saturated rings. The van der Waals surface area contributed by atoms with Crippen LogP contribution in [0.1, 0.15) is 25.0 Å². The Labute approximate surface area is 353 Å². The fourth-order valence-corrected chi connectivity index (χ4v) is 11.0. The molecule has 12 rings (SSSR count). The van der Waals surface area contributed by atoms with Gasteiger partial charge in [0, 0.05) is 54.4 Å². The van der Waals surface area contributed by atoms with Crippen LogP contribution < -0.4 is 4.90 Å². The summed E-state index contributed by atoms with van der Waals surface area (Å²) in [4.78, 5) is 2.39. The molecule has 11 aromatic rings. The van der Waals surface area contributed by atoms with Crippen LogP contribution in [0.2, 0.25) is 0 Å². The van der Waals surface area contributed by atoms with Gasteiger partial charge in [0.15, 0.2) is 0 Å². The third-order valence-corrected chi connectivity index (χ3v) is 14.0. The minimum atomic E-state index is -0.0750. The second-order valence-corrected chi connectivity index (χ2v) is 17.6.